The number of aryl methyl sites for hydroxylation is 1. The molecule has 15 heavy (non-hydrogen) atoms. The van der Waals surface area contributed by atoms with E-state index in [4.69, 9.17) is 0 Å². The summed E-state index contributed by atoms with van der Waals surface area (Å²) in [7, 11) is 0. The van der Waals surface area contributed by atoms with Gasteiger partial charge >= 0.3 is 0 Å². The van der Waals surface area contributed by atoms with E-state index in [-0.39, 0.29) is 0 Å². The fraction of sp³-hybridized carbons (Fsp3) is 0.615. The summed E-state index contributed by atoms with van der Waals surface area (Å²) in [6, 6.07) is 4.29. The van der Waals surface area contributed by atoms with Crippen molar-refractivity contribution in [2.45, 2.75) is 51.9 Å². The molecule has 1 aromatic heterocycles. The summed E-state index contributed by atoms with van der Waals surface area (Å²) in [5.41, 5.74) is 1.24. The van der Waals surface area contributed by atoms with E-state index in [0.29, 0.717) is 0 Å². The first kappa shape index (κ1) is 12.9. The molecule has 0 fully saturated rings. The van der Waals surface area contributed by atoms with E-state index < -0.39 is 0 Å². The molecule has 0 aliphatic heterocycles. The van der Waals surface area contributed by atoms with Gasteiger partial charge in [-0.1, -0.05) is 39.0 Å². The van der Waals surface area contributed by atoms with Crippen molar-refractivity contribution in [1.82, 2.24) is 4.98 Å². The third-order valence-corrected chi connectivity index (χ3v) is 3.21. The molecule has 0 aliphatic carbocycles. The number of rotatable bonds is 7. The Morgan fingerprint density at radius 1 is 1.07 bits per heavy atom. The summed E-state index contributed by atoms with van der Waals surface area (Å²) < 4.78 is 1.22. The second kappa shape index (κ2) is 8.08. The maximum atomic E-state index is 4.40. The highest BCUT2D eigenvalue weighted by Gasteiger charge is 1.95. The van der Waals surface area contributed by atoms with Gasteiger partial charge < -0.3 is 0 Å². The van der Waals surface area contributed by atoms with Crippen LogP contribution in [0.15, 0.2) is 18.3 Å². The van der Waals surface area contributed by atoms with Gasteiger partial charge in [0.1, 0.15) is 0 Å². The van der Waals surface area contributed by atoms with Gasteiger partial charge in [0.15, 0.2) is 0 Å². The number of hydrogen-bond donors (Lipinski definition) is 0. The molecule has 2 heteroatoms. The Morgan fingerprint density at radius 3 is 2.47 bits per heavy atom. The standard InChI is InChI=1S/C13H20IN/c1-2-3-4-5-6-7-8-13-10-9-12(14)11-15-13/h9-11H,2-8H2,1H3. The molecular weight excluding hydrogens is 297 g/mol. The zero-order valence-corrected chi connectivity index (χ0v) is 11.7. The molecule has 0 spiro atoms. The quantitative estimate of drug-likeness (QED) is 0.529. The first-order valence-electron chi connectivity index (χ1n) is 5.93. The van der Waals surface area contributed by atoms with E-state index >= 15 is 0 Å². The van der Waals surface area contributed by atoms with Gasteiger partial charge in [-0.2, -0.15) is 0 Å². The molecule has 1 heterocycles. The number of halogens is 1. The van der Waals surface area contributed by atoms with Crippen molar-refractivity contribution in [3.63, 3.8) is 0 Å². The average molecular weight is 317 g/mol. The molecule has 0 saturated carbocycles. The molecule has 0 aromatic carbocycles. The normalized spacial score (nSPS) is 10.5. The Hall–Kier alpha value is -0.120. The van der Waals surface area contributed by atoms with E-state index in [1.807, 2.05) is 6.20 Å². The summed E-state index contributed by atoms with van der Waals surface area (Å²) >= 11 is 2.29. The third-order valence-electron chi connectivity index (χ3n) is 2.58. The van der Waals surface area contributed by atoms with Gasteiger partial charge in [0.25, 0.3) is 0 Å². The number of pyridine rings is 1. The fourth-order valence-electron chi connectivity index (χ4n) is 1.64. The van der Waals surface area contributed by atoms with E-state index in [1.165, 1.54) is 47.8 Å². The monoisotopic (exact) mass is 317 g/mol. The van der Waals surface area contributed by atoms with Crippen LogP contribution in [0.25, 0.3) is 0 Å². The zero-order valence-electron chi connectivity index (χ0n) is 9.51. The molecule has 0 unspecified atom stereocenters. The van der Waals surface area contributed by atoms with E-state index in [2.05, 4.69) is 46.6 Å². The lowest BCUT2D eigenvalue weighted by molar-refractivity contribution is 0.604. The lowest BCUT2D eigenvalue weighted by Gasteiger charge is -2.01. The minimum absolute atomic E-state index is 1.14. The summed E-state index contributed by atoms with van der Waals surface area (Å²) in [4.78, 5) is 4.40. The van der Waals surface area contributed by atoms with Gasteiger partial charge in [-0.25, -0.2) is 0 Å². The molecule has 1 rings (SSSR count). The molecule has 0 bridgehead atoms. The number of hydrogen-bond acceptors (Lipinski definition) is 1. The Kier molecular flexibility index (Phi) is 6.98. The van der Waals surface area contributed by atoms with E-state index in [0.717, 1.165) is 6.42 Å². The molecular formula is C13H20IN. The highest BCUT2D eigenvalue weighted by atomic mass is 127. The van der Waals surface area contributed by atoms with Crippen molar-refractivity contribution in [2.24, 2.45) is 0 Å². The van der Waals surface area contributed by atoms with Gasteiger partial charge in [-0.05, 0) is 47.6 Å². The van der Waals surface area contributed by atoms with Crippen LogP contribution >= 0.6 is 22.6 Å². The Balaban J connectivity index is 2.07. The van der Waals surface area contributed by atoms with Gasteiger partial charge in [-0.15, -0.1) is 0 Å². The maximum absolute atomic E-state index is 4.40. The van der Waals surface area contributed by atoms with Crippen LogP contribution in [0.4, 0.5) is 0 Å². The fourth-order valence-corrected chi connectivity index (χ4v) is 1.96. The molecule has 0 N–H and O–H groups in total. The van der Waals surface area contributed by atoms with E-state index in [1.54, 1.807) is 0 Å². The van der Waals surface area contributed by atoms with Crippen molar-refractivity contribution >= 4 is 22.6 Å². The first-order valence-corrected chi connectivity index (χ1v) is 7.01. The number of nitrogens with zero attached hydrogens (tertiary/aromatic N) is 1. The van der Waals surface area contributed by atoms with Crippen molar-refractivity contribution < 1.29 is 0 Å². The zero-order chi connectivity index (χ0) is 10.9. The van der Waals surface area contributed by atoms with Crippen molar-refractivity contribution in [2.75, 3.05) is 0 Å². The van der Waals surface area contributed by atoms with Gasteiger partial charge in [0.05, 0.1) is 0 Å². The number of unbranched alkanes of at least 4 members (excludes halogenated alkanes) is 5. The van der Waals surface area contributed by atoms with Crippen molar-refractivity contribution in [3.05, 3.63) is 27.6 Å². The molecule has 0 radical (unpaired) electrons. The van der Waals surface area contributed by atoms with Crippen LogP contribution in [0.2, 0.25) is 0 Å². The third kappa shape index (κ3) is 6.13. The second-order valence-corrected chi connectivity index (χ2v) is 5.23. The SMILES string of the molecule is CCCCCCCCc1ccc(I)cn1. The summed E-state index contributed by atoms with van der Waals surface area (Å²) in [5, 5.41) is 0. The minimum Gasteiger partial charge on any atom is -0.260 e. The topological polar surface area (TPSA) is 12.9 Å². The van der Waals surface area contributed by atoms with Gasteiger partial charge in [0, 0.05) is 15.5 Å². The molecule has 84 valence electrons. The summed E-state index contributed by atoms with van der Waals surface area (Å²) in [6.45, 7) is 2.26. The van der Waals surface area contributed by atoms with Crippen molar-refractivity contribution in [1.29, 1.82) is 0 Å². The van der Waals surface area contributed by atoms with Gasteiger partial charge in [0.2, 0.25) is 0 Å². The minimum atomic E-state index is 1.14. The lowest BCUT2D eigenvalue weighted by Crippen LogP contribution is -1.90. The molecule has 1 nitrogen and oxygen atoms in total. The highest BCUT2D eigenvalue weighted by molar-refractivity contribution is 14.1. The molecule has 1 aromatic rings. The van der Waals surface area contributed by atoms with Crippen LogP contribution in [-0.2, 0) is 6.42 Å². The Labute approximate surface area is 107 Å². The molecule has 0 saturated heterocycles. The smallest absolute Gasteiger partial charge is 0.0404 e. The molecule has 0 aliphatic rings. The predicted molar refractivity (Wildman–Crippen MR) is 74.0 cm³/mol. The van der Waals surface area contributed by atoms with Crippen molar-refractivity contribution in [3.8, 4) is 0 Å². The number of aromatic nitrogens is 1. The van der Waals surface area contributed by atoms with Crippen LogP contribution in [0.3, 0.4) is 0 Å². The predicted octanol–water partition coefficient (Wildman–Crippen LogP) is 4.59. The first-order chi connectivity index (χ1) is 7.33. The molecule has 0 atom stereocenters. The van der Waals surface area contributed by atoms with Crippen LogP contribution < -0.4 is 0 Å². The highest BCUT2D eigenvalue weighted by Crippen LogP contribution is 2.09. The summed E-state index contributed by atoms with van der Waals surface area (Å²) in [6.07, 6.45) is 11.2. The lowest BCUT2D eigenvalue weighted by atomic mass is 10.1. The summed E-state index contributed by atoms with van der Waals surface area (Å²) in [5.74, 6) is 0. The van der Waals surface area contributed by atoms with E-state index in [9.17, 15) is 0 Å². The van der Waals surface area contributed by atoms with Crippen LogP contribution in [0.1, 0.15) is 51.1 Å². The van der Waals surface area contributed by atoms with Gasteiger partial charge in [-0.3, -0.25) is 4.98 Å². The van der Waals surface area contributed by atoms with Crippen LogP contribution in [0, 0.1) is 3.57 Å². The second-order valence-electron chi connectivity index (χ2n) is 3.99. The van der Waals surface area contributed by atoms with Crippen LogP contribution in [-0.4, -0.2) is 4.98 Å². The Morgan fingerprint density at radius 2 is 1.80 bits per heavy atom. The molecule has 0 amide bonds. The average Bonchev–Trinajstić information content (AvgIpc) is 2.26. The Bertz CT molecular complexity index is 256. The van der Waals surface area contributed by atoms with Crippen LogP contribution in [0.5, 0.6) is 0 Å². The maximum Gasteiger partial charge on any atom is 0.0404 e. The largest absolute Gasteiger partial charge is 0.260 e.